The highest BCUT2D eigenvalue weighted by Crippen LogP contribution is 2.32. The zero-order valence-electron chi connectivity index (χ0n) is 9.41. The summed E-state index contributed by atoms with van der Waals surface area (Å²) >= 11 is 0. The molecule has 0 radical (unpaired) electrons. The summed E-state index contributed by atoms with van der Waals surface area (Å²) in [4.78, 5) is 2.68. The third-order valence-corrected chi connectivity index (χ3v) is 4.00. The van der Waals surface area contributed by atoms with Gasteiger partial charge in [-0.25, -0.2) is 0 Å². The van der Waals surface area contributed by atoms with Crippen molar-refractivity contribution >= 4 is 0 Å². The molecule has 1 aliphatic carbocycles. The fourth-order valence-electron chi connectivity index (χ4n) is 3.08. The van der Waals surface area contributed by atoms with Crippen LogP contribution in [0.3, 0.4) is 0 Å². The van der Waals surface area contributed by atoms with Crippen LogP contribution in [0.4, 0.5) is 0 Å². The van der Waals surface area contributed by atoms with Crippen molar-refractivity contribution in [3.8, 4) is 0 Å². The van der Waals surface area contributed by atoms with Gasteiger partial charge in [-0.1, -0.05) is 6.92 Å². The van der Waals surface area contributed by atoms with Crippen LogP contribution in [-0.2, 0) is 0 Å². The molecular weight excluding hydrogens is 172 g/mol. The largest absolute Gasteiger partial charge is 0.330 e. The van der Waals surface area contributed by atoms with Crippen LogP contribution >= 0.6 is 0 Å². The fourth-order valence-corrected chi connectivity index (χ4v) is 3.08. The first-order valence-electron chi connectivity index (χ1n) is 6.23. The lowest BCUT2D eigenvalue weighted by Gasteiger charge is -2.45. The van der Waals surface area contributed by atoms with E-state index in [9.17, 15) is 0 Å². The number of likely N-dealkylation sites (tertiary alicyclic amines) is 1. The lowest BCUT2D eigenvalue weighted by Crippen LogP contribution is -2.51. The van der Waals surface area contributed by atoms with Gasteiger partial charge in [0.25, 0.3) is 0 Å². The van der Waals surface area contributed by atoms with Crippen molar-refractivity contribution in [2.24, 2.45) is 17.6 Å². The molecule has 0 aromatic carbocycles. The molecule has 1 aliphatic heterocycles. The van der Waals surface area contributed by atoms with E-state index in [1.54, 1.807) is 0 Å². The van der Waals surface area contributed by atoms with Gasteiger partial charge in [0.05, 0.1) is 0 Å². The molecule has 0 atom stereocenters. The smallest absolute Gasteiger partial charge is 0.00957 e. The predicted octanol–water partition coefficient (Wildman–Crippen LogP) is 1.85. The average Bonchev–Trinajstić information content (AvgIpc) is 2.15. The van der Waals surface area contributed by atoms with Gasteiger partial charge < -0.3 is 5.73 Å². The highest BCUT2D eigenvalue weighted by atomic mass is 15.2. The van der Waals surface area contributed by atoms with E-state index < -0.39 is 0 Å². The minimum absolute atomic E-state index is 0.885. The fraction of sp³-hybridized carbons (Fsp3) is 1.00. The molecule has 2 N–H and O–H groups in total. The van der Waals surface area contributed by atoms with Crippen LogP contribution in [-0.4, -0.2) is 30.6 Å². The van der Waals surface area contributed by atoms with Gasteiger partial charge in [-0.3, -0.25) is 4.90 Å². The standard InChI is InChI=1S/C12H24N2/c1-10-8-14(9-10)12-4-2-11(3-5-12)6-7-13/h10-12H,2-9,13H2,1H3. The maximum Gasteiger partial charge on any atom is 0.00957 e. The van der Waals surface area contributed by atoms with E-state index >= 15 is 0 Å². The molecule has 2 rings (SSSR count). The van der Waals surface area contributed by atoms with Crippen molar-refractivity contribution in [1.29, 1.82) is 0 Å². The second kappa shape index (κ2) is 4.63. The molecule has 2 heteroatoms. The van der Waals surface area contributed by atoms with Gasteiger partial charge >= 0.3 is 0 Å². The van der Waals surface area contributed by atoms with Crippen LogP contribution < -0.4 is 5.73 Å². The molecule has 1 saturated heterocycles. The van der Waals surface area contributed by atoms with Crippen LogP contribution in [0.25, 0.3) is 0 Å². The van der Waals surface area contributed by atoms with Crippen LogP contribution in [0, 0.1) is 11.8 Å². The summed E-state index contributed by atoms with van der Waals surface area (Å²) in [7, 11) is 0. The normalized spacial score (nSPS) is 35.6. The van der Waals surface area contributed by atoms with Gasteiger partial charge in [0.1, 0.15) is 0 Å². The highest BCUT2D eigenvalue weighted by Gasteiger charge is 2.31. The third kappa shape index (κ3) is 2.29. The Kier molecular flexibility index (Phi) is 3.45. The maximum atomic E-state index is 5.60. The van der Waals surface area contributed by atoms with E-state index in [1.807, 2.05) is 0 Å². The Bertz CT molecular complexity index is 167. The first kappa shape index (κ1) is 10.4. The molecule has 1 saturated carbocycles. The van der Waals surface area contributed by atoms with Gasteiger partial charge in [0.2, 0.25) is 0 Å². The number of hydrogen-bond donors (Lipinski definition) is 1. The van der Waals surface area contributed by atoms with E-state index in [2.05, 4.69) is 11.8 Å². The van der Waals surface area contributed by atoms with Crippen LogP contribution in [0.2, 0.25) is 0 Å². The molecule has 0 aromatic rings. The molecule has 2 aliphatic rings. The third-order valence-electron chi connectivity index (χ3n) is 4.00. The number of nitrogens with zero attached hydrogens (tertiary/aromatic N) is 1. The summed E-state index contributed by atoms with van der Waals surface area (Å²) < 4.78 is 0. The quantitative estimate of drug-likeness (QED) is 0.746. The van der Waals surface area contributed by atoms with Crippen molar-refractivity contribution in [2.45, 2.75) is 45.1 Å². The first-order valence-corrected chi connectivity index (χ1v) is 6.23. The van der Waals surface area contributed by atoms with Gasteiger partial charge in [-0.15, -0.1) is 0 Å². The molecular formula is C12H24N2. The number of hydrogen-bond acceptors (Lipinski definition) is 2. The summed E-state index contributed by atoms with van der Waals surface area (Å²) in [6, 6.07) is 0.917. The Morgan fingerprint density at radius 2 is 1.79 bits per heavy atom. The monoisotopic (exact) mass is 196 g/mol. The zero-order chi connectivity index (χ0) is 9.97. The van der Waals surface area contributed by atoms with Crippen molar-refractivity contribution in [3.05, 3.63) is 0 Å². The lowest BCUT2D eigenvalue weighted by atomic mass is 9.82. The topological polar surface area (TPSA) is 29.3 Å². The molecule has 0 unspecified atom stereocenters. The average molecular weight is 196 g/mol. The van der Waals surface area contributed by atoms with Gasteiger partial charge in [0.15, 0.2) is 0 Å². The van der Waals surface area contributed by atoms with E-state index in [1.165, 1.54) is 45.2 Å². The Balaban J connectivity index is 1.68. The van der Waals surface area contributed by atoms with Crippen LogP contribution in [0.1, 0.15) is 39.0 Å². The maximum absolute atomic E-state index is 5.60. The Morgan fingerprint density at radius 3 is 2.29 bits per heavy atom. The second-order valence-corrected chi connectivity index (χ2v) is 5.31. The molecule has 1 heterocycles. The SMILES string of the molecule is CC1CN(C2CCC(CCN)CC2)C1. The number of rotatable bonds is 3. The highest BCUT2D eigenvalue weighted by molar-refractivity contribution is 4.86. The Hall–Kier alpha value is -0.0800. The lowest BCUT2D eigenvalue weighted by molar-refractivity contribution is 0.0353. The summed E-state index contributed by atoms with van der Waals surface area (Å²) in [6.07, 6.45) is 6.96. The van der Waals surface area contributed by atoms with Crippen LogP contribution in [0.15, 0.2) is 0 Å². The molecule has 0 bridgehead atoms. The molecule has 14 heavy (non-hydrogen) atoms. The van der Waals surface area contributed by atoms with Crippen molar-refractivity contribution in [2.75, 3.05) is 19.6 Å². The van der Waals surface area contributed by atoms with E-state index in [-0.39, 0.29) is 0 Å². The van der Waals surface area contributed by atoms with E-state index in [0.29, 0.717) is 0 Å². The molecule has 0 amide bonds. The summed E-state index contributed by atoms with van der Waals surface area (Å²) in [5.74, 6) is 1.90. The second-order valence-electron chi connectivity index (χ2n) is 5.31. The van der Waals surface area contributed by atoms with Crippen molar-refractivity contribution in [1.82, 2.24) is 4.90 Å². The van der Waals surface area contributed by atoms with Crippen molar-refractivity contribution in [3.63, 3.8) is 0 Å². The minimum Gasteiger partial charge on any atom is -0.330 e. The van der Waals surface area contributed by atoms with E-state index in [4.69, 9.17) is 5.73 Å². The van der Waals surface area contributed by atoms with Crippen LogP contribution in [0.5, 0.6) is 0 Å². The summed E-state index contributed by atoms with van der Waals surface area (Å²) in [5, 5.41) is 0. The van der Waals surface area contributed by atoms with Crippen molar-refractivity contribution < 1.29 is 0 Å². The van der Waals surface area contributed by atoms with Gasteiger partial charge in [0, 0.05) is 19.1 Å². The van der Waals surface area contributed by atoms with E-state index in [0.717, 1.165) is 24.4 Å². The first-order chi connectivity index (χ1) is 6.79. The zero-order valence-corrected chi connectivity index (χ0v) is 9.41. The molecule has 2 nitrogen and oxygen atoms in total. The Labute approximate surface area is 87.8 Å². The summed E-state index contributed by atoms with van der Waals surface area (Å²) in [6.45, 7) is 5.95. The molecule has 0 aromatic heterocycles. The molecule has 82 valence electrons. The number of nitrogens with two attached hydrogens (primary N) is 1. The molecule has 0 spiro atoms. The van der Waals surface area contributed by atoms with Gasteiger partial charge in [-0.05, 0) is 50.5 Å². The predicted molar refractivity (Wildman–Crippen MR) is 60.2 cm³/mol. The summed E-state index contributed by atoms with van der Waals surface area (Å²) in [5.41, 5.74) is 5.60. The minimum atomic E-state index is 0.885. The van der Waals surface area contributed by atoms with Gasteiger partial charge in [-0.2, -0.15) is 0 Å². The molecule has 2 fully saturated rings. The Morgan fingerprint density at radius 1 is 1.14 bits per heavy atom.